The van der Waals surface area contributed by atoms with Gasteiger partial charge in [0.15, 0.2) is 0 Å². The average molecular weight is 730 g/mol. The fourth-order valence-electron chi connectivity index (χ4n) is 5.78. The fourth-order valence-corrected chi connectivity index (χ4v) is 7.16. The van der Waals surface area contributed by atoms with Gasteiger partial charge in [0.25, 0.3) is 5.91 Å². The van der Waals surface area contributed by atoms with Crippen molar-refractivity contribution < 1.29 is 46.5 Å². The summed E-state index contributed by atoms with van der Waals surface area (Å²) in [7, 11) is -2.28. The molecule has 3 aliphatic rings. The van der Waals surface area contributed by atoms with E-state index in [0.29, 0.717) is 30.6 Å². The van der Waals surface area contributed by atoms with Gasteiger partial charge in [0, 0.05) is 31.0 Å². The van der Waals surface area contributed by atoms with Gasteiger partial charge in [-0.2, -0.15) is 0 Å². The molecule has 0 radical (unpaired) electrons. The number of aromatic nitrogens is 1. The third-order valence-electron chi connectivity index (χ3n) is 8.80. The molecule has 15 nitrogen and oxygen atoms in total. The molecule has 1 aliphatic heterocycles. The van der Waals surface area contributed by atoms with E-state index >= 15 is 0 Å². The molecule has 51 heavy (non-hydrogen) atoms. The fraction of sp³-hybridized carbons (Fsp3) is 0.571. The average Bonchev–Trinajstić information content (AvgIpc) is 4.01. The number of hydrogen-bond donors (Lipinski definition) is 3. The van der Waals surface area contributed by atoms with Crippen molar-refractivity contribution in [2.45, 2.75) is 101 Å². The molecule has 5 rings (SSSR count). The monoisotopic (exact) mass is 729 g/mol. The summed E-state index contributed by atoms with van der Waals surface area (Å²) in [6.07, 6.45) is 5.20. The number of benzene rings is 1. The summed E-state index contributed by atoms with van der Waals surface area (Å²) in [4.78, 5) is 60.1. The van der Waals surface area contributed by atoms with Crippen molar-refractivity contribution in [3.8, 4) is 11.6 Å². The molecule has 0 bridgehead atoms. The van der Waals surface area contributed by atoms with Crippen molar-refractivity contribution in [3.05, 3.63) is 42.6 Å². The minimum Gasteiger partial charge on any atom is -0.497 e. The summed E-state index contributed by atoms with van der Waals surface area (Å²) in [6.45, 7) is 7.31. The molecule has 3 N–H and O–H groups in total. The van der Waals surface area contributed by atoms with Crippen molar-refractivity contribution in [1.29, 1.82) is 0 Å². The summed E-state index contributed by atoms with van der Waals surface area (Å²) >= 11 is 0. The quantitative estimate of drug-likeness (QED) is 0.180. The summed E-state index contributed by atoms with van der Waals surface area (Å²) in [5.41, 5.74) is -2.26. The van der Waals surface area contributed by atoms with Gasteiger partial charge in [-0.25, -0.2) is 18.2 Å². The maximum atomic E-state index is 14.3. The number of carbonyl (C=O) groups excluding carboxylic acids is 4. The van der Waals surface area contributed by atoms with Crippen LogP contribution < -0.4 is 24.8 Å². The van der Waals surface area contributed by atoms with E-state index in [4.69, 9.17) is 18.9 Å². The van der Waals surface area contributed by atoms with Gasteiger partial charge in [-0.05, 0) is 83.0 Å². The van der Waals surface area contributed by atoms with Crippen LogP contribution in [0.2, 0.25) is 0 Å². The van der Waals surface area contributed by atoms with E-state index in [2.05, 4.69) is 20.3 Å². The summed E-state index contributed by atoms with van der Waals surface area (Å²) in [5.74, 6) is -1.10. The van der Waals surface area contributed by atoms with Gasteiger partial charge in [-0.3, -0.25) is 19.1 Å². The summed E-state index contributed by atoms with van der Waals surface area (Å²) in [6, 6.07) is 4.95. The van der Waals surface area contributed by atoms with E-state index in [1.807, 2.05) is 19.1 Å². The molecule has 0 spiro atoms. The normalized spacial score (nSPS) is 20.5. The first-order valence-electron chi connectivity index (χ1n) is 17.1. The smallest absolute Gasteiger partial charge is 0.408 e. The molecule has 0 unspecified atom stereocenters. The van der Waals surface area contributed by atoms with Crippen LogP contribution in [0.5, 0.6) is 11.6 Å². The number of rotatable bonds is 15. The molecule has 3 fully saturated rings. The minimum atomic E-state index is -3.84. The van der Waals surface area contributed by atoms with Gasteiger partial charge in [-0.15, -0.1) is 0 Å². The highest BCUT2D eigenvalue weighted by Crippen LogP contribution is 2.38. The van der Waals surface area contributed by atoms with Gasteiger partial charge in [0.1, 0.15) is 35.1 Å². The first-order chi connectivity index (χ1) is 24.1. The second kappa shape index (κ2) is 15.4. The standard InChI is InChI=1S/C35H47N5O10S/c1-6-7-17-48-18-13-27(37-33(44)50-34(2,3)4)31(42)40-21-24(49-30-26-11-8-23(47-5)19-22(26)12-16-36-30)20-28(40)29(41)38-35(14-15-35)32(43)39-51(45,46)25-9-10-25/h6-8,11-12,16,19,24-25,27-28H,9-10,13-15,17-18,20-21H2,1-5H3,(H,37,44)(H,38,41)(H,39,43)/t24-,27+,28+/m1/s1. The highest BCUT2D eigenvalue weighted by molar-refractivity contribution is 7.91. The number of sulfonamides is 1. The van der Waals surface area contributed by atoms with Crippen LogP contribution in [-0.4, -0.2) is 104 Å². The van der Waals surface area contributed by atoms with Crippen molar-refractivity contribution in [2.24, 2.45) is 0 Å². The van der Waals surface area contributed by atoms with Crippen LogP contribution in [-0.2, 0) is 33.9 Å². The third-order valence-corrected chi connectivity index (χ3v) is 10.6. The summed E-state index contributed by atoms with van der Waals surface area (Å²) in [5, 5.41) is 6.27. The van der Waals surface area contributed by atoms with Crippen molar-refractivity contribution in [3.63, 3.8) is 0 Å². The molecule has 1 saturated heterocycles. The number of ether oxygens (including phenoxy) is 4. The van der Waals surface area contributed by atoms with Crippen LogP contribution >= 0.6 is 0 Å². The molecule has 2 aromatic rings. The molecule has 16 heteroatoms. The van der Waals surface area contributed by atoms with Crippen LogP contribution in [0.3, 0.4) is 0 Å². The third kappa shape index (κ3) is 9.67. The van der Waals surface area contributed by atoms with Crippen molar-refractivity contribution in [2.75, 3.05) is 26.9 Å². The van der Waals surface area contributed by atoms with Gasteiger partial charge in [0.05, 0.1) is 25.5 Å². The second-order valence-corrected chi connectivity index (χ2v) is 16.0. The Kier molecular flexibility index (Phi) is 11.4. The van der Waals surface area contributed by atoms with Crippen molar-refractivity contribution in [1.82, 2.24) is 25.2 Å². The zero-order chi connectivity index (χ0) is 37.0. The lowest BCUT2D eigenvalue weighted by molar-refractivity contribution is -0.141. The number of alkyl carbamates (subject to hydrolysis) is 1. The van der Waals surface area contributed by atoms with Gasteiger partial charge in [0.2, 0.25) is 27.7 Å². The number of nitrogens with one attached hydrogen (secondary N) is 3. The predicted octanol–water partition coefficient (Wildman–Crippen LogP) is 2.73. The highest BCUT2D eigenvalue weighted by atomic mass is 32.2. The Morgan fingerprint density at radius 3 is 2.53 bits per heavy atom. The van der Waals surface area contributed by atoms with Gasteiger partial charge < -0.3 is 34.5 Å². The lowest BCUT2D eigenvalue weighted by Gasteiger charge is -2.30. The van der Waals surface area contributed by atoms with E-state index < -0.39 is 68.4 Å². The van der Waals surface area contributed by atoms with Gasteiger partial charge in [-0.1, -0.05) is 12.2 Å². The van der Waals surface area contributed by atoms with E-state index in [0.717, 1.165) is 5.39 Å². The molecule has 4 amide bonds. The van der Waals surface area contributed by atoms with Crippen LogP contribution in [0.1, 0.15) is 66.2 Å². The number of methoxy groups -OCH3 is 1. The van der Waals surface area contributed by atoms with E-state index in [1.54, 1.807) is 58.4 Å². The number of allylic oxidation sites excluding steroid dienone is 1. The first kappa shape index (κ1) is 37.8. The Labute approximate surface area is 297 Å². The molecule has 1 aromatic heterocycles. The molecule has 2 aliphatic carbocycles. The SMILES string of the molecule is CC=CCOCC[C@H](NC(=O)OC(C)(C)C)C(=O)N1C[C@H](Oc2nccc3cc(OC)ccc23)C[C@H]1C(=O)NC1(C(=O)NS(=O)(=O)C2CC2)CC1. The number of carbonyl (C=O) groups is 4. The van der Waals surface area contributed by atoms with Crippen LogP contribution in [0.25, 0.3) is 10.8 Å². The van der Waals surface area contributed by atoms with E-state index in [-0.39, 0.29) is 44.7 Å². The van der Waals surface area contributed by atoms with Crippen LogP contribution in [0.15, 0.2) is 42.6 Å². The molecule has 2 heterocycles. The Morgan fingerprint density at radius 1 is 1.14 bits per heavy atom. The number of fused-ring (bicyclic) bond motifs is 1. The number of nitrogens with zero attached hydrogens (tertiary/aromatic N) is 2. The molecule has 2 saturated carbocycles. The molecule has 278 valence electrons. The topological polar surface area (TPSA) is 192 Å². The number of likely N-dealkylation sites (tertiary alicyclic amines) is 1. The molecule has 1 aromatic carbocycles. The predicted molar refractivity (Wildman–Crippen MR) is 186 cm³/mol. The number of hydrogen-bond acceptors (Lipinski definition) is 11. The lowest BCUT2D eigenvalue weighted by atomic mass is 10.1. The lowest BCUT2D eigenvalue weighted by Crippen LogP contribution is -2.58. The summed E-state index contributed by atoms with van der Waals surface area (Å²) < 4.78 is 49.9. The van der Waals surface area contributed by atoms with E-state index in [9.17, 15) is 27.6 Å². The number of amides is 4. The zero-order valence-electron chi connectivity index (χ0n) is 29.6. The Hall–Kier alpha value is -4.44. The van der Waals surface area contributed by atoms with Crippen LogP contribution in [0.4, 0.5) is 4.79 Å². The maximum Gasteiger partial charge on any atom is 0.408 e. The number of pyridine rings is 1. The maximum absolute atomic E-state index is 14.3. The second-order valence-electron chi connectivity index (χ2n) is 14.1. The van der Waals surface area contributed by atoms with Crippen LogP contribution in [0, 0.1) is 0 Å². The minimum absolute atomic E-state index is 0.0286. The molecule has 3 atom stereocenters. The van der Waals surface area contributed by atoms with Crippen molar-refractivity contribution >= 4 is 44.6 Å². The largest absolute Gasteiger partial charge is 0.497 e. The Bertz CT molecular complexity index is 1770. The molecular formula is C35H47N5O10S. The van der Waals surface area contributed by atoms with Gasteiger partial charge >= 0.3 is 6.09 Å². The van der Waals surface area contributed by atoms with E-state index in [1.165, 1.54) is 4.90 Å². The Balaban J connectivity index is 1.39. The first-order valence-corrected chi connectivity index (χ1v) is 18.7. The zero-order valence-corrected chi connectivity index (χ0v) is 30.4. The Morgan fingerprint density at radius 2 is 1.88 bits per heavy atom. The highest BCUT2D eigenvalue weighted by Gasteiger charge is 2.55. The molecular weight excluding hydrogens is 682 g/mol.